The highest BCUT2D eigenvalue weighted by Crippen LogP contribution is 2.23. The summed E-state index contributed by atoms with van der Waals surface area (Å²) in [7, 11) is 0. The van der Waals surface area contributed by atoms with Gasteiger partial charge in [0, 0.05) is 11.4 Å². The Hall–Kier alpha value is 0.200. The van der Waals surface area contributed by atoms with Gasteiger partial charge in [-0.05, 0) is 15.9 Å². The van der Waals surface area contributed by atoms with Crippen molar-refractivity contribution in [2.24, 2.45) is 0 Å². The first-order chi connectivity index (χ1) is 5.74. The van der Waals surface area contributed by atoms with E-state index in [0.717, 1.165) is 5.33 Å². The quantitative estimate of drug-likeness (QED) is 0.631. The van der Waals surface area contributed by atoms with Crippen LogP contribution in [0.3, 0.4) is 0 Å². The lowest BCUT2D eigenvalue weighted by Crippen LogP contribution is -1.97. The Labute approximate surface area is 92.5 Å². The second-order valence-corrected chi connectivity index (χ2v) is 3.93. The van der Waals surface area contributed by atoms with Gasteiger partial charge in [-0.1, -0.05) is 27.5 Å². The first-order valence-electron chi connectivity index (χ1n) is 3.24. The average molecular weight is 315 g/mol. The standard InChI is InChI=1S/C7H6Br2ClNO/c8-1-2-12-5-3-6(10)7(9)11-4-5/h3-4H,1-2H2. The minimum absolute atomic E-state index is 0.557. The Balaban J connectivity index is 2.69. The fourth-order valence-electron chi connectivity index (χ4n) is 0.639. The Morgan fingerprint density at radius 2 is 2.33 bits per heavy atom. The number of halogens is 3. The van der Waals surface area contributed by atoms with E-state index in [-0.39, 0.29) is 0 Å². The predicted octanol–water partition coefficient (Wildman–Crippen LogP) is 3.27. The van der Waals surface area contributed by atoms with Crippen LogP contribution < -0.4 is 4.74 Å². The van der Waals surface area contributed by atoms with Crippen LogP contribution in [0.4, 0.5) is 0 Å². The van der Waals surface area contributed by atoms with Crippen molar-refractivity contribution < 1.29 is 4.74 Å². The van der Waals surface area contributed by atoms with Gasteiger partial charge >= 0.3 is 0 Å². The zero-order chi connectivity index (χ0) is 8.97. The van der Waals surface area contributed by atoms with Crippen LogP contribution in [-0.2, 0) is 0 Å². The molecule has 0 bridgehead atoms. The molecule has 2 nitrogen and oxygen atoms in total. The fraction of sp³-hybridized carbons (Fsp3) is 0.286. The molecule has 5 heteroatoms. The number of rotatable bonds is 3. The normalized spacial score (nSPS) is 9.92. The number of nitrogens with zero attached hydrogens (tertiary/aromatic N) is 1. The van der Waals surface area contributed by atoms with Crippen LogP contribution in [0.5, 0.6) is 5.75 Å². The summed E-state index contributed by atoms with van der Waals surface area (Å²) in [4.78, 5) is 3.98. The van der Waals surface area contributed by atoms with Crippen LogP contribution in [0.1, 0.15) is 0 Å². The molecule has 0 saturated carbocycles. The first kappa shape index (κ1) is 10.3. The van der Waals surface area contributed by atoms with Gasteiger partial charge in [-0.25, -0.2) is 4.98 Å². The summed E-state index contributed by atoms with van der Waals surface area (Å²) in [6.07, 6.45) is 1.62. The van der Waals surface area contributed by atoms with Crippen LogP contribution in [0.25, 0.3) is 0 Å². The van der Waals surface area contributed by atoms with E-state index in [2.05, 4.69) is 36.8 Å². The molecule has 1 aromatic rings. The second-order valence-electron chi connectivity index (χ2n) is 1.98. The molecule has 0 atom stereocenters. The summed E-state index contributed by atoms with van der Waals surface area (Å²) in [6.45, 7) is 0.611. The van der Waals surface area contributed by atoms with E-state index in [9.17, 15) is 0 Å². The zero-order valence-corrected chi connectivity index (χ0v) is 9.99. The van der Waals surface area contributed by atoms with Gasteiger partial charge in [0.2, 0.25) is 0 Å². The van der Waals surface area contributed by atoms with E-state index in [1.165, 1.54) is 0 Å². The van der Waals surface area contributed by atoms with E-state index in [1.807, 2.05) is 0 Å². The molecular weight excluding hydrogens is 309 g/mol. The predicted molar refractivity (Wildman–Crippen MR) is 56.2 cm³/mol. The number of hydrogen-bond acceptors (Lipinski definition) is 2. The number of hydrogen-bond donors (Lipinski definition) is 0. The Bertz CT molecular complexity index is 270. The molecule has 0 saturated heterocycles. The largest absolute Gasteiger partial charge is 0.491 e. The van der Waals surface area contributed by atoms with E-state index >= 15 is 0 Å². The minimum Gasteiger partial charge on any atom is -0.491 e. The molecule has 0 aliphatic rings. The molecule has 1 heterocycles. The molecule has 1 rings (SSSR count). The van der Waals surface area contributed by atoms with E-state index < -0.39 is 0 Å². The third-order valence-electron chi connectivity index (χ3n) is 1.12. The third-order valence-corrected chi connectivity index (χ3v) is 2.59. The van der Waals surface area contributed by atoms with Crippen LogP contribution in [-0.4, -0.2) is 16.9 Å². The van der Waals surface area contributed by atoms with Crippen LogP contribution in [0, 0.1) is 0 Å². The van der Waals surface area contributed by atoms with Crippen molar-refractivity contribution in [1.29, 1.82) is 0 Å². The highest BCUT2D eigenvalue weighted by atomic mass is 79.9. The molecule has 0 amide bonds. The molecule has 0 radical (unpaired) electrons. The smallest absolute Gasteiger partial charge is 0.139 e. The van der Waals surface area contributed by atoms with Crippen molar-refractivity contribution in [2.45, 2.75) is 0 Å². The van der Waals surface area contributed by atoms with Crippen molar-refractivity contribution in [3.8, 4) is 5.75 Å². The fourth-order valence-corrected chi connectivity index (χ4v) is 1.17. The average Bonchev–Trinajstić information content (AvgIpc) is 2.07. The van der Waals surface area contributed by atoms with Crippen LogP contribution >= 0.6 is 43.5 Å². The highest BCUT2D eigenvalue weighted by Gasteiger charge is 2.00. The van der Waals surface area contributed by atoms with Crippen LogP contribution in [0.15, 0.2) is 16.9 Å². The highest BCUT2D eigenvalue weighted by molar-refractivity contribution is 9.10. The van der Waals surface area contributed by atoms with Gasteiger partial charge in [-0.3, -0.25) is 0 Å². The maximum absolute atomic E-state index is 5.79. The van der Waals surface area contributed by atoms with Gasteiger partial charge in [0.1, 0.15) is 10.4 Å². The molecule has 66 valence electrons. The van der Waals surface area contributed by atoms with E-state index in [4.69, 9.17) is 16.3 Å². The Morgan fingerprint density at radius 3 is 2.92 bits per heavy atom. The molecule has 0 aliphatic carbocycles. The monoisotopic (exact) mass is 313 g/mol. The number of aromatic nitrogens is 1. The van der Waals surface area contributed by atoms with Crippen LogP contribution in [0.2, 0.25) is 5.02 Å². The second kappa shape index (κ2) is 5.04. The third kappa shape index (κ3) is 2.92. The Morgan fingerprint density at radius 1 is 1.58 bits per heavy atom. The summed E-state index contributed by atoms with van der Waals surface area (Å²) in [6, 6.07) is 1.72. The van der Waals surface area contributed by atoms with E-state index in [1.54, 1.807) is 12.3 Å². The van der Waals surface area contributed by atoms with Crippen molar-refractivity contribution in [1.82, 2.24) is 4.98 Å². The summed E-state index contributed by atoms with van der Waals surface area (Å²) < 4.78 is 5.91. The first-order valence-corrected chi connectivity index (χ1v) is 5.53. The number of ether oxygens (including phenoxy) is 1. The topological polar surface area (TPSA) is 22.1 Å². The lowest BCUT2D eigenvalue weighted by molar-refractivity contribution is 0.343. The molecule has 0 unspecified atom stereocenters. The lowest BCUT2D eigenvalue weighted by Gasteiger charge is -2.03. The van der Waals surface area contributed by atoms with Gasteiger partial charge in [0.25, 0.3) is 0 Å². The zero-order valence-electron chi connectivity index (χ0n) is 6.06. The van der Waals surface area contributed by atoms with Crippen molar-refractivity contribution >= 4 is 43.5 Å². The van der Waals surface area contributed by atoms with Gasteiger partial charge in [-0.15, -0.1) is 0 Å². The van der Waals surface area contributed by atoms with Gasteiger partial charge in [0.05, 0.1) is 17.8 Å². The van der Waals surface area contributed by atoms with Gasteiger partial charge in [0.15, 0.2) is 0 Å². The summed E-state index contributed by atoms with van der Waals surface area (Å²) in [5.41, 5.74) is 0. The maximum atomic E-state index is 5.79. The van der Waals surface area contributed by atoms with E-state index in [0.29, 0.717) is 22.0 Å². The number of pyridine rings is 1. The summed E-state index contributed by atoms with van der Waals surface area (Å²) >= 11 is 12.2. The molecule has 0 spiro atoms. The summed E-state index contributed by atoms with van der Waals surface area (Å²) in [5, 5.41) is 1.35. The molecule has 1 aromatic heterocycles. The molecule has 0 N–H and O–H groups in total. The lowest BCUT2D eigenvalue weighted by atomic mass is 10.5. The summed E-state index contributed by atoms with van der Waals surface area (Å²) in [5.74, 6) is 0.683. The molecule has 0 aromatic carbocycles. The molecule has 0 fully saturated rings. The van der Waals surface area contributed by atoms with Crippen molar-refractivity contribution in [3.63, 3.8) is 0 Å². The van der Waals surface area contributed by atoms with Crippen molar-refractivity contribution in [3.05, 3.63) is 21.9 Å². The molecule has 0 aliphatic heterocycles. The minimum atomic E-state index is 0.557. The Kier molecular flexibility index (Phi) is 4.32. The molecule has 12 heavy (non-hydrogen) atoms. The number of alkyl halides is 1. The van der Waals surface area contributed by atoms with Crippen molar-refractivity contribution in [2.75, 3.05) is 11.9 Å². The SMILES string of the molecule is Clc1cc(OCCBr)cnc1Br. The van der Waals surface area contributed by atoms with Gasteiger partial charge < -0.3 is 4.74 Å². The molecular formula is C7H6Br2ClNO. The maximum Gasteiger partial charge on any atom is 0.139 e. The van der Waals surface area contributed by atoms with Gasteiger partial charge in [-0.2, -0.15) is 0 Å².